The number of aryl methyl sites for hydroxylation is 2. The number of rotatable bonds is 6. The first kappa shape index (κ1) is 19.5. The first-order valence-electron chi connectivity index (χ1n) is 8.59. The standard InChI is InChI=1S/C19H19ClN6O2/c1-12-5-3-6-13(2)18(12)22-16(27)10-21-17(28)11-26-24-19(23-25-26)14-7-4-8-15(20)9-14/h3-9H,10-11H2,1-2H3,(H,21,28)(H,22,27). The number of hydrogen-bond donors (Lipinski definition) is 2. The number of anilines is 1. The van der Waals surface area contributed by atoms with Crippen molar-refractivity contribution in [2.24, 2.45) is 0 Å². The van der Waals surface area contributed by atoms with Gasteiger partial charge in [-0.25, -0.2) is 0 Å². The lowest BCUT2D eigenvalue weighted by Gasteiger charge is -2.11. The Morgan fingerprint density at radius 1 is 1.07 bits per heavy atom. The summed E-state index contributed by atoms with van der Waals surface area (Å²) in [5, 5.41) is 17.8. The summed E-state index contributed by atoms with van der Waals surface area (Å²) in [4.78, 5) is 25.3. The zero-order valence-corrected chi connectivity index (χ0v) is 16.2. The summed E-state index contributed by atoms with van der Waals surface area (Å²) in [5.41, 5.74) is 3.37. The Hall–Kier alpha value is -3.26. The first-order chi connectivity index (χ1) is 13.4. The van der Waals surface area contributed by atoms with Crippen LogP contribution in [0.25, 0.3) is 11.4 Å². The minimum atomic E-state index is -0.397. The van der Waals surface area contributed by atoms with Gasteiger partial charge in [0.1, 0.15) is 6.54 Å². The van der Waals surface area contributed by atoms with Crippen LogP contribution in [0, 0.1) is 13.8 Å². The van der Waals surface area contributed by atoms with Crippen molar-refractivity contribution in [2.45, 2.75) is 20.4 Å². The number of nitrogens with zero attached hydrogens (tertiary/aromatic N) is 4. The van der Waals surface area contributed by atoms with Crippen LogP contribution in [0.2, 0.25) is 5.02 Å². The van der Waals surface area contributed by atoms with Crippen LogP contribution in [-0.2, 0) is 16.1 Å². The summed E-state index contributed by atoms with van der Waals surface area (Å²) in [7, 11) is 0. The van der Waals surface area contributed by atoms with Gasteiger partial charge in [0.2, 0.25) is 17.6 Å². The van der Waals surface area contributed by atoms with Crippen molar-refractivity contribution in [2.75, 3.05) is 11.9 Å². The van der Waals surface area contributed by atoms with Gasteiger partial charge in [-0.3, -0.25) is 9.59 Å². The monoisotopic (exact) mass is 398 g/mol. The molecule has 3 rings (SSSR count). The Labute approximate surface area is 166 Å². The maximum atomic E-state index is 12.1. The molecule has 28 heavy (non-hydrogen) atoms. The highest BCUT2D eigenvalue weighted by atomic mass is 35.5. The van der Waals surface area contributed by atoms with E-state index in [4.69, 9.17) is 11.6 Å². The number of nitrogens with one attached hydrogen (secondary N) is 2. The third-order valence-electron chi connectivity index (χ3n) is 4.01. The lowest BCUT2D eigenvalue weighted by Crippen LogP contribution is -2.35. The molecular formula is C19H19ClN6O2. The van der Waals surface area contributed by atoms with E-state index in [-0.39, 0.29) is 19.0 Å². The van der Waals surface area contributed by atoms with Crippen LogP contribution in [0.5, 0.6) is 0 Å². The highest BCUT2D eigenvalue weighted by Crippen LogP contribution is 2.19. The van der Waals surface area contributed by atoms with E-state index in [1.54, 1.807) is 24.3 Å². The lowest BCUT2D eigenvalue weighted by molar-refractivity contribution is -0.124. The van der Waals surface area contributed by atoms with Gasteiger partial charge in [0.15, 0.2) is 0 Å². The van der Waals surface area contributed by atoms with Gasteiger partial charge in [-0.1, -0.05) is 41.9 Å². The summed E-state index contributed by atoms with van der Waals surface area (Å²) in [6, 6.07) is 12.8. The van der Waals surface area contributed by atoms with Gasteiger partial charge < -0.3 is 10.6 Å². The molecule has 1 aromatic heterocycles. The highest BCUT2D eigenvalue weighted by Gasteiger charge is 2.12. The van der Waals surface area contributed by atoms with Gasteiger partial charge in [-0.2, -0.15) is 4.80 Å². The van der Waals surface area contributed by atoms with Crippen molar-refractivity contribution >= 4 is 29.1 Å². The van der Waals surface area contributed by atoms with E-state index in [2.05, 4.69) is 26.0 Å². The average molecular weight is 399 g/mol. The van der Waals surface area contributed by atoms with Crippen LogP contribution < -0.4 is 10.6 Å². The van der Waals surface area contributed by atoms with Gasteiger partial charge in [0, 0.05) is 16.3 Å². The number of carbonyl (C=O) groups is 2. The Bertz CT molecular complexity index is 997. The van der Waals surface area contributed by atoms with Crippen molar-refractivity contribution < 1.29 is 9.59 Å². The topological polar surface area (TPSA) is 102 Å². The Balaban J connectivity index is 1.53. The summed E-state index contributed by atoms with van der Waals surface area (Å²) in [6.45, 7) is 3.52. The third-order valence-corrected chi connectivity index (χ3v) is 4.25. The number of tetrazole rings is 1. The van der Waals surface area contributed by atoms with E-state index >= 15 is 0 Å². The van der Waals surface area contributed by atoms with Crippen molar-refractivity contribution in [3.8, 4) is 11.4 Å². The minimum Gasteiger partial charge on any atom is -0.345 e. The second kappa shape index (κ2) is 8.62. The predicted molar refractivity (Wildman–Crippen MR) is 106 cm³/mol. The van der Waals surface area contributed by atoms with Crippen molar-refractivity contribution in [3.05, 3.63) is 58.6 Å². The third kappa shape index (κ3) is 4.92. The van der Waals surface area contributed by atoms with Crippen LogP contribution in [-0.4, -0.2) is 38.6 Å². The van der Waals surface area contributed by atoms with Gasteiger partial charge in [0.25, 0.3) is 0 Å². The smallest absolute Gasteiger partial charge is 0.244 e. The van der Waals surface area contributed by atoms with Crippen molar-refractivity contribution in [1.29, 1.82) is 0 Å². The van der Waals surface area contributed by atoms with Crippen LogP contribution >= 0.6 is 11.6 Å². The molecule has 0 spiro atoms. The normalized spacial score (nSPS) is 10.5. The number of halogens is 1. The van der Waals surface area contributed by atoms with E-state index < -0.39 is 5.91 Å². The lowest BCUT2D eigenvalue weighted by atomic mass is 10.1. The molecule has 0 aliphatic rings. The molecule has 2 N–H and O–H groups in total. The van der Waals surface area contributed by atoms with E-state index in [1.165, 1.54) is 0 Å². The van der Waals surface area contributed by atoms with E-state index in [1.807, 2.05) is 32.0 Å². The summed E-state index contributed by atoms with van der Waals surface area (Å²) in [6.07, 6.45) is 0. The van der Waals surface area contributed by atoms with Crippen LogP contribution in [0.4, 0.5) is 5.69 Å². The van der Waals surface area contributed by atoms with E-state index in [9.17, 15) is 9.59 Å². The molecule has 0 bridgehead atoms. The molecule has 2 amide bonds. The molecule has 0 aliphatic heterocycles. The number of aromatic nitrogens is 4. The molecule has 9 heteroatoms. The number of benzene rings is 2. The SMILES string of the molecule is Cc1cccc(C)c1NC(=O)CNC(=O)Cn1nnc(-c2cccc(Cl)c2)n1. The molecule has 0 saturated heterocycles. The van der Waals surface area contributed by atoms with E-state index in [0.29, 0.717) is 16.4 Å². The largest absolute Gasteiger partial charge is 0.345 e. The first-order valence-corrected chi connectivity index (χ1v) is 8.96. The summed E-state index contributed by atoms with van der Waals surface area (Å²) in [5.74, 6) is -0.341. The molecule has 0 radical (unpaired) electrons. The molecule has 0 unspecified atom stereocenters. The second-order valence-electron chi connectivity index (χ2n) is 6.25. The molecule has 0 saturated carbocycles. The Kier molecular flexibility index (Phi) is 6.00. The molecule has 3 aromatic rings. The summed E-state index contributed by atoms with van der Waals surface area (Å²) >= 11 is 5.95. The van der Waals surface area contributed by atoms with Crippen LogP contribution in [0.15, 0.2) is 42.5 Å². The van der Waals surface area contributed by atoms with Gasteiger partial charge >= 0.3 is 0 Å². The van der Waals surface area contributed by atoms with E-state index in [0.717, 1.165) is 21.6 Å². The van der Waals surface area contributed by atoms with Gasteiger partial charge in [-0.05, 0) is 42.3 Å². The zero-order chi connectivity index (χ0) is 20.1. The van der Waals surface area contributed by atoms with Crippen molar-refractivity contribution in [3.63, 3.8) is 0 Å². The quantitative estimate of drug-likeness (QED) is 0.663. The molecule has 0 fully saturated rings. The average Bonchev–Trinajstić information content (AvgIpc) is 3.12. The highest BCUT2D eigenvalue weighted by molar-refractivity contribution is 6.30. The second-order valence-corrected chi connectivity index (χ2v) is 6.68. The summed E-state index contributed by atoms with van der Waals surface area (Å²) < 4.78 is 0. The fourth-order valence-electron chi connectivity index (χ4n) is 2.61. The molecule has 144 valence electrons. The maximum absolute atomic E-state index is 12.1. The number of hydrogen-bond acceptors (Lipinski definition) is 5. The van der Waals surface area contributed by atoms with Gasteiger partial charge in [0.05, 0.1) is 6.54 Å². The molecule has 0 atom stereocenters. The Morgan fingerprint density at radius 2 is 1.79 bits per heavy atom. The predicted octanol–water partition coefficient (Wildman–Crippen LogP) is 2.37. The number of para-hydroxylation sites is 1. The fourth-order valence-corrected chi connectivity index (χ4v) is 2.80. The van der Waals surface area contributed by atoms with Crippen molar-refractivity contribution in [1.82, 2.24) is 25.5 Å². The minimum absolute atomic E-state index is 0.149. The number of carbonyl (C=O) groups excluding carboxylic acids is 2. The molecule has 1 heterocycles. The van der Waals surface area contributed by atoms with Gasteiger partial charge in [-0.15, -0.1) is 10.2 Å². The molecular weight excluding hydrogens is 380 g/mol. The van der Waals surface area contributed by atoms with Crippen LogP contribution in [0.3, 0.4) is 0 Å². The molecule has 8 nitrogen and oxygen atoms in total. The fraction of sp³-hybridized carbons (Fsp3) is 0.211. The zero-order valence-electron chi connectivity index (χ0n) is 15.4. The maximum Gasteiger partial charge on any atom is 0.244 e. The van der Waals surface area contributed by atoms with Crippen LogP contribution in [0.1, 0.15) is 11.1 Å². The molecule has 2 aromatic carbocycles. The number of amides is 2. The molecule has 0 aliphatic carbocycles. The Morgan fingerprint density at radius 3 is 2.50 bits per heavy atom.